The van der Waals surface area contributed by atoms with Crippen molar-refractivity contribution in [1.82, 2.24) is 20.2 Å². The van der Waals surface area contributed by atoms with E-state index in [2.05, 4.69) is 25.5 Å². The lowest BCUT2D eigenvalue weighted by atomic mass is 10.5. The van der Waals surface area contributed by atoms with Gasteiger partial charge >= 0.3 is 0 Å². The predicted octanol–water partition coefficient (Wildman–Crippen LogP) is 1.89. The molecule has 0 saturated carbocycles. The van der Waals surface area contributed by atoms with E-state index in [0.29, 0.717) is 0 Å². The fourth-order valence-electron chi connectivity index (χ4n) is 0.869. The minimum Gasteiger partial charge on any atom is -0.304 e. The Labute approximate surface area is 104 Å². The minimum absolute atomic E-state index is 0.153. The van der Waals surface area contributed by atoms with Crippen LogP contribution in [-0.4, -0.2) is 26.1 Å². The molecular formula is C7H3Cl2N5OS. The van der Waals surface area contributed by atoms with Gasteiger partial charge in [-0.1, -0.05) is 22.9 Å². The maximum atomic E-state index is 11.6. The summed E-state index contributed by atoms with van der Waals surface area (Å²) in [5, 5.41) is 9.97. The molecule has 9 heteroatoms. The summed E-state index contributed by atoms with van der Waals surface area (Å²) in [6.07, 6.45) is 1.24. The number of amides is 1. The van der Waals surface area contributed by atoms with E-state index in [-0.39, 0.29) is 20.4 Å². The zero-order valence-electron chi connectivity index (χ0n) is 7.52. The molecule has 0 aliphatic rings. The largest absolute Gasteiger partial charge is 0.304 e. The Hall–Kier alpha value is -1.31. The number of hydrogen-bond donors (Lipinski definition) is 1. The van der Waals surface area contributed by atoms with Crippen LogP contribution in [0.2, 0.25) is 9.62 Å². The van der Waals surface area contributed by atoms with Crippen LogP contribution in [0, 0.1) is 0 Å². The molecule has 2 aromatic rings. The molecule has 0 saturated heterocycles. The van der Waals surface area contributed by atoms with E-state index in [1.807, 2.05) is 0 Å². The third-order valence-corrected chi connectivity index (χ3v) is 2.69. The Balaban J connectivity index is 2.13. The fraction of sp³-hybridized carbons (Fsp3) is 0. The maximum absolute atomic E-state index is 11.6. The molecule has 2 rings (SSSR count). The smallest absolute Gasteiger partial charge is 0.287 e. The predicted molar refractivity (Wildman–Crippen MR) is 59.9 cm³/mol. The molecule has 82 valence electrons. The lowest BCUT2D eigenvalue weighted by Crippen LogP contribution is -2.12. The van der Waals surface area contributed by atoms with Crippen LogP contribution in [-0.2, 0) is 0 Å². The standard InChI is InChI=1S/C7H3Cl2N5OS/c8-3-1-4(11-2-10-3)12-5(15)6-13-14-7(9)16-6/h1-2H,(H,10,11,12,15). The molecule has 2 aromatic heterocycles. The van der Waals surface area contributed by atoms with E-state index in [1.54, 1.807) is 0 Å². The van der Waals surface area contributed by atoms with Gasteiger partial charge in [0.15, 0.2) is 0 Å². The summed E-state index contributed by atoms with van der Waals surface area (Å²) in [6.45, 7) is 0. The first-order valence-corrected chi connectivity index (χ1v) is 5.50. The van der Waals surface area contributed by atoms with E-state index in [4.69, 9.17) is 23.2 Å². The van der Waals surface area contributed by atoms with Crippen molar-refractivity contribution in [3.63, 3.8) is 0 Å². The number of carbonyl (C=O) groups is 1. The van der Waals surface area contributed by atoms with Gasteiger partial charge in [-0.25, -0.2) is 9.97 Å². The van der Waals surface area contributed by atoms with E-state index < -0.39 is 5.91 Å². The summed E-state index contributed by atoms with van der Waals surface area (Å²) in [6, 6.07) is 1.42. The number of aromatic nitrogens is 4. The Kier molecular flexibility index (Phi) is 3.28. The highest BCUT2D eigenvalue weighted by Gasteiger charge is 2.12. The van der Waals surface area contributed by atoms with Crippen molar-refractivity contribution in [3.05, 3.63) is 27.0 Å². The van der Waals surface area contributed by atoms with Gasteiger partial charge in [-0.05, 0) is 11.6 Å². The quantitative estimate of drug-likeness (QED) is 0.847. The second kappa shape index (κ2) is 4.69. The minimum atomic E-state index is -0.445. The third-order valence-electron chi connectivity index (χ3n) is 1.47. The highest BCUT2D eigenvalue weighted by molar-refractivity contribution is 7.17. The lowest BCUT2D eigenvalue weighted by Gasteiger charge is -2.00. The van der Waals surface area contributed by atoms with Crippen molar-refractivity contribution < 1.29 is 4.79 Å². The molecule has 0 atom stereocenters. The van der Waals surface area contributed by atoms with Gasteiger partial charge in [-0.2, -0.15) is 0 Å². The van der Waals surface area contributed by atoms with Crippen LogP contribution in [0.25, 0.3) is 0 Å². The lowest BCUT2D eigenvalue weighted by molar-refractivity contribution is 0.102. The van der Waals surface area contributed by atoms with Crippen molar-refractivity contribution in [2.45, 2.75) is 0 Å². The first-order chi connectivity index (χ1) is 7.65. The van der Waals surface area contributed by atoms with Crippen LogP contribution in [0.4, 0.5) is 5.82 Å². The van der Waals surface area contributed by atoms with E-state index >= 15 is 0 Å². The van der Waals surface area contributed by atoms with Gasteiger partial charge in [0.1, 0.15) is 17.3 Å². The molecule has 1 amide bonds. The fourth-order valence-corrected chi connectivity index (χ4v) is 1.74. The zero-order valence-corrected chi connectivity index (χ0v) is 9.84. The van der Waals surface area contributed by atoms with Gasteiger partial charge in [0, 0.05) is 6.07 Å². The molecule has 0 aliphatic heterocycles. The van der Waals surface area contributed by atoms with Crippen molar-refractivity contribution in [2.24, 2.45) is 0 Å². The number of anilines is 1. The van der Waals surface area contributed by atoms with Crippen LogP contribution in [0.1, 0.15) is 9.80 Å². The number of rotatable bonds is 2. The molecule has 0 fully saturated rings. The first kappa shape index (κ1) is 11.2. The summed E-state index contributed by atoms with van der Waals surface area (Å²) < 4.78 is 0.200. The number of carbonyl (C=O) groups excluding carboxylic acids is 1. The van der Waals surface area contributed by atoms with Gasteiger partial charge in [-0.15, -0.1) is 10.2 Å². The van der Waals surface area contributed by atoms with Crippen molar-refractivity contribution in [1.29, 1.82) is 0 Å². The average molecular weight is 276 g/mol. The first-order valence-electron chi connectivity index (χ1n) is 3.93. The van der Waals surface area contributed by atoms with Gasteiger partial charge in [0.25, 0.3) is 5.91 Å². The Morgan fingerprint density at radius 2 is 2.12 bits per heavy atom. The average Bonchev–Trinajstić information content (AvgIpc) is 2.65. The normalized spacial score (nSPS) is 10.1. The summed E-state index contributed by atoms with van der Waals surface area (Å²) in [5.41, 5.74) is 0. The number of nitrogens with zero attached hydrogens (tertiary/aromatic N) is 4. The Morgan fingerprint density at radius 1 is 1.31 bits per heavy atom. The monoisotopic (exact) mass is 275 g/mol. The Morgan fingerprint density at radius 3 is 2.75 bits per heavy atom. The highest BCUT2D eigenvalue weighted by Crippen LogP contribution is 2.16. The number of hydrogen-bond acceptors (Lipinski definition) is 6. The number of halogens is 2. The third kappa shape index (κ3) is 2.63. The molecular weight excluding hydrogens is 273 g/mol. The van der Waals surface area contributed by atoms with Crippen molar-refractivity contribution >= 4 is 46.3 Å². The topological polar surface area (TPSA) is 80.7 Å². The van der Waals surface area contributed by atoms with Crippen molar-refractivity contribution in [3.8, 4) is 0 Å². The van der Waals surface area contributed by atoms with Gasteiger partial charge in [-0.3, -0.25) is 4.79 Å². The Bertz CT molecular complexity index is 531. The summed E-state index contributed by atoms with van der Waals surface area (Å²) in [7, 11) is 0. The molecule has 1 N–H and O–H groups in total. The molecule has 0 spiro atoms. The van der Waals surface area contributed by atoms with Crippen LogP contribution in [0.15, 0.2) is 12.4 Å². The zero-order chi connectivity index (χ0) is 11.5. The van der Waals surface area contributed by atoms with E-state index in [1.165, 1.54) is 12.4 Å². The molecule has 6 nitrogen and oxygen atoms in total. The molecule has 2 heterocycles. The molecule has 0 bridgehead atoms. The summed E-state index contributed by atoms with van der Waals surface area (Å²) in [4.78, 5) is 19.1. The van der Waals surface area contributed by atoms with Crippen LogP contribution < -0.4 is 5.32 Å². The van der Waals surface area contributed by atoms with Gasteiger partial charge in [0.05, 0.1) is 0 Å². The second-order valence-corrected chi connectivity index (χ2v) is 4.49. The number of nitrogens with one attached hydrogen (secondary N) is 1. The maximum Gasteiger partial charge on any atom is 0.287 e. The van der Waals surface area contributed by atoms with Gasteiger partial charge < -0.3 is 5.32 Å². The van der Waals surface area contributed by atoms with Crippen molar-refractivity contribution in [2.75, 3.05) is 5.32 Å². The van der Waals surface area contributed by atoms with Gasteiger partial charge in [0.2, 0.25) is 9.47 Å². The SMILES string of the molecule is O=C(Nc1cc(Cl)ncn1)c1nnc(Cl)s1. The summed E-state index contributed by atoms with van der Waals surface area (Å²) >= 11 is 12.2. The van der Waals surface area contributed by atoms with Crippen LogP contribution >= 0.6 is 34.5 Å². The molecule has 16 heavy (non-hydrogen) atoms. The summed E-state index contributed by atoms with van der Waals surface area (Å²) in [5.74, 6) is -0.157. The van der Waals surface area contributed by atoms with Crippen LogP contribution in [0.5, 0.6) is 0 Å². The second-order valence-electron chi connectivity index (χ2n) is 2.54. The molecule has 0 unspecified atom stereocenters. The van der Waals surface area contributed by atoms with Crippen LogP contribution in [0.3, 0.4) is 0 Å². The molecule has 0 radical (unpaired) electrons. The molecule has 0 aromatic carbocycles. The molecule has 0 aliphatic carbocycles. The van der Waals surface area contributed by atoms with E-state index in [9.17, 15) is 4.79 Å². The van der Waals surface area contributed by atoms with E-state index in [0.717, 1.165) is 11.3 Å². The highest BCUT2D eigenvalue weighted by atomic mass is 35.5.